The summed E-state index contributed by atoms with van der Waals surface area (Å²) in [6, 6.07) is 12.0. The standard InChI is InChI=1S/C22H26ClNO5/c1-21(2,24-19(25)17-12-15(23)8-11-18(17)28-5)13-14-6-9-16(10-7-14)29-22(3,4)20(26)27/h6-12H,13H2,1-5H3,(H,24,25)(H,26,27). The molecule has 0 unspecified atom stereocenters. The number of carboxylic acids is 1. The molecule has 0 aromatic heterocycles. The maximum Gasteiger partial charge on any atom is 0.347 e. The molecule has 0 saturated carbocycles. The predicted molar refractivity (Wildman–Crippen MR) is 112 cm³/mol. The lowest BCUT2D eigenvalue weighted by atomic mass is 9.94. The average Bonchev–Trinajstić information content (AvgIpc) is 2.62. The van der Waals surface area contributed by atoms with Gasteiger partial charge in [0, 0.05) is 10.6 Å². The van der Waals surface area contributed by atoms with Crippen molar-refractivity contribution in [2.75, 3.05) is 7.11 Å². The van der Waals surface area contributed by atoms with Gasteiger partial charge in [-0.2, -0.15) is 0 Å². The van der Waals surface area contributed by atoms with Gasteiger partial charge in [-0.3, -0.25) is 4.79 Å². The van der Waals surface area contributed by atoms with Gasteiger partial charge < -0.3 is 19.9 Å². The van der Waals surface area contributed by atoms with Crippen LogP contribution in [-0.4, -0.2) is 35.2 Å². The van der Waals surface area contributed by atoms with E-state index in [1.165, 1.54) is 21.0 Å². The summed E-state index contributed by atoms with van der Waals surface area (Å²) in [6.07, 6.45) is 0.560. The number of ether oxygens (including phenoxy) is 2. The summed E-state index contributed by atoms with van der Waals surface area (Å²) in [5, 5.41) is 12.6. The molecule has 1 amide bonds. The fourth-order valence-corrected chi connectivity index (χ4v) is 2.97. The normalized spacial score (nSPS) is 11.7. The molecule has 7 heteroatoms. The number of carbonyl (C=O) groups is 2. The molecule has 0 atom stereocenters. The molecule has 0 radical (unpaired) electrons. The van der Waals surface area contributed by atoms with Gasteiger partial charge in [0.1, 0.15) is 11.5 Å². The van der Waals surface area contributed by atoms with Gasteiger partial charge in [-0.25, -0.2) is 4.79 Å². The zero-order valence-electron chi connectivity index (χ0n) is 17.2. The topological polar surface area (TPSA) is 84.9 Å². The number of halogens is 1. The highest BCUT2D eigenvalue weighted by atomic mass is 35.5. The highest BCUT2D eigenvalue weighted by Crippen LogP contribution is 2.25. The van der Waals surface area contributed by atoms with E-state index in [9.17, 15) is 9.59 Å². The van der Waals surface area contributed by atoms with Crippen LogP contribution < -0.4 is 14.8 Å². The van der Waals surface area contributed by atoms with Crippen molar-refractivity contribution in [1.29, 1.82) is 0 Å². The van der Waals surface area contributed by atoms with Gasteiger partial charge in [0.25, 0.3) is 5.91 Å². The Hall–Kier alpha value is -2.73. The summed E-state index contributed by atoms with van der Waals surface area (Å²) in [5.74, 6) is -0.406. The van der Waals surface area contributed by atoms with Gasteiger partial charge in [0.15, 0.2) is 5.60 Å². The number of carbonyl (C=O) groups excluding carboxylic acids is 1. The Kier molecular flexibility index (Phi) is 6.80. The van der Waals surface area contributed by atoms with E-state index in [0.717, 1.165) is 5.56 Å². The highest BCUT2D eigenvalue weighted by molar-refractivity contribution is 6.31. The number of aliphatic carboxylic acids is 1. The molecule has 0 aliphatic heterocycles. The summed E-state index contributed by atoms with van der Waals surface area (Å²) in [6.45, 7) is 6.82. The first-order valence-electron chi connectivity index (χ1n) is 9.11. The quantitative estimate of drug-likeness (QED) is 0.664. The van der Waals surface area contributed by atoms with Crippen LogP contribution in [0.3, 0.4) is 0 Å². The number of hydrogen-bond donors (Lipinski definition) is 2. The molecule has 2 N–H and O–H groups in total. The zero-order chi connectivity index (χ0) is 21.8. The zero-order valence-corrected chi connectivity index (χ0v) is 18.0. The Morgan fingerprint density at radius 2 is 1.69 bits per heavy atom. The van der Waals surface area contributed by atoms with Crippen LogP contribution in [0.4, 0.5) is 0 Å². The van der Waals surface area contributed by atoms with E-state index in [2.05, 4.69) is 5.32 Å². The Labute approximate surface area is 175 Å². The lowest BCUT2D eigenvalue weighted by Gasteiger charge is -2.27. The second-order valence-electron chi connectivity index (χ2n) is 7.92. The van der Waals surface area contributed by atoms with E-state index in [0.29, 0.717) is 28.5 Å². The predicted octanol–water partition coefficient (Wildman–Crippen LogP) is 4.34. The van der Waals surface area contributed by atoms with Crippen LogP contribution in [-0.2, 0) is 11.2 Å². The van der Waals surface area contributed by atoms with Gasteiger partial charge in [-0.15, -0.1) is 0 Å². The van der Waals surface area contributed by atoms with Crippen LogP contribution >= 0.6 is 11.6 Å². The molecule has 0 spiro atoms. The maximum absolute atomic E-state index is 12.7. The van der Waals surface area contributed by atoms with Crippen molar-refractivity contribution >= 4 is 23.5 Å². The molecule has 0 bridgehead atoms. The summed E-state index contributed by atoms with van der Waals surface area (Å²) in [7, 11) is 1.50. The SMILES string of the molecule is COc1ccc(Cl)cc1C(=O)NC(C)(C)Cc1ccc(OC(C)(C)C(=O)O)cc1. The number of amides is 1. The summed E-state index contributed by atoms with van der Waals surface area (Å²) < 4.78 is 10.8. The molecule has 156 valence electrons. The lowest BCUT2D eigenvalue weighted by molar-refractivity contribution is -0.152. The summed E-state index contributed by atoms with van der Waals surface area (Å²) >= 11 is 6.01. The van der Waals surface area contributed by atoms with Crippen molar-refractivity contribution in [3.8, 4) is 11.5 Å². The van der Waals surface area contributed by atoms with Gasteiger partial charge in [-0.1, -0.05) is 23.7 Å². The van der Waals surface area contributed by atoms with Crippen LogP contribution in [0.2, 0.25) is 5.02 Å². The molecule has 0 aliphatic carbocycles. The first-order valence-corrected chi connectivity index (χ1v) is 9.49. The Bertz CT molecular complexity index is 891. The third-order valence-electron chi connectivity index (χ3n) is 4.32. The van der Waals surface area contributed by atoms with Gasteiger partial charge in [-0.05, 0) is 70.0 Å². The highest BCUT2D eigenvalue weighted by Gasteiger charge is 2.29. The van der Waals surface area contributed by atoms with Crippen molar-refractivity contribution < 1.29 is 24.2 Å². The number of hydrogen-bond acceptors (Lipinski definition) is 4. The molecular weight excluding hydrogens is 394 g/mol. The molecule has 0 aliphatic rings. The monoisotopic (exact) mass is 419 g/mol. The Balaban J connectivity index is 2.08. The van der Waals surface area contributed by atoms with Gasteiger partial charge in [0.2, 0.25) is 0 Å². The van der Waals surface area contributed by atoms with Gasteiger partial charge in [0.05, 0.1) is 12.7 Å². The van der Waals surface area contributed by atoms with E-state index in [1.54, 1.807) is 30.3 Å². The van der Waals surface area contributed by atoms with E-state index in [-0.39, 0.29) is 5.91 Å². The molecular formula is C22H26ClNO5. The third-order valence-corrected chi connectivity index (χ3v) is 4.55. The van der Waals surface area contributed by atoms with E-state index < -0.39 is 17.1 Å². The minimum Gasteiger partial charge on any atom is -0.496 e. The minimum absolute atomic E-state index is 0.280. The van der Waals surface area contributed by atoms with E-state index in [4.69, 9.17) is 26.2 Å². The number of rotatable bonds is 8. The molecule has 29 heavy (non-hydrogen) atoms. The third kappa shape index (κ3) is 6.12. The number of carboxylic acid groups (broad SMARTS) is 1. The molecule has 0 saturated heterocycles. The molecule has 6 nitrogen and oxygen atoms in total. The Morgan fingerprint density at radius 3 is 2.24 bits per heavy atom. The molecule has 2 rings (SSSR count). The first kappa shape index (κ1) is 22.6. The van der Waals surface area contributed by atoms with Crippen molar-refractivity contribution in [3.05, 3.63) is 58.6 Å². The fraction of sp³-hybridized carbons (Fsp3) is 0.364. The largest absolute Gasteiger partial charge is 0.496 e. The van der Waals surface area contributed by atoms with Crippen molar-refractivity contribution in [2.24, 2.45) is 0 Å². The van der Waals surface area contributed by atoms with Crippen LogP contribution in [0.15, 0.2) is 42.5 Å². The maximum atomic E-state index is 12.7. The molecule has 2 aromatic rings. The van der Waals surface area contributed by atoms with Crippen molar-refractivity contribution in [2.45, 2.75) is 45.3 Å². The Morgan fingerprint density at radius 1 is 1.07 bits per heavy atom. The van der Waals surface area contributed by atoms with E-state index >= 15 is 0 Å². The second kappa shape index (κ2) is 8.74. The van der Waals surface area contributed by atoms with E-state index in [1.807, 2.05) is 26.0 Å². The smallest absolute Gasteiger partial charge is 0.347 e. The van der Waals surface area contributed by atoms with Crippen LogP contribution in [0, 0.1) is 0 Å². The first-order chi connectivity index (χ1) is 13.4. The van der Waals surface area contributed by atoms with Crippen molar-refractivity contribution in [1.82, 2.24) is 5.32 Å². The fourth-order valence-electron chi connectivity index (χ4n) is 2.80. The van der Waals surface area contributed by atoms with Crippen LogP contribution in [0.25, 0.3) is 0 Å². The number of benzene rings is 2. The van der Waals surface area contributed by atoms with Crippen molar-refractivity contribution in [3.63, 3.8) is 0 Å². The number of methoxy groups -OCH3 is 1. The van der Waals surface area contributed by atoms with Gasteiger partial charge >= 0.3 is 5.97 Å². The summed E-state index contributed by atoms with van der Waals surface area (Å²) in [4.78, 5) is 23.9. The van der Waals surface area contributed by atoms with Crippen LogP contribution in [0.1, 0.15) is 43.6 Å². The average molecular weight is 420 g/mol. The molecule has 0 fully saturated rings. The molecule has 0 heterocycles. The molecule has 2 aromatic carbocycles. The van der Waals surface area contributed by atoms with Crippen LogP contribution in [0.5, 0.6) is 11.5 Å². The number of nitrogens with one attached hydrogen (secondary N) is 1. The lowest BCUT2D eigenvalue weighted by Crippen LogP contribution is -2.45. The summed E-state index contributed by atoms with van der Waals surface area (Å²) in [5.41, 5.74) is -0.528. The second-order valence-corrected chi connectivity index (χ2v) is 8.36. The minimum atomic E-state index is -1.31.